The molecule has 1 unspecified atom stereocenters. The molecular weight excluding hydrogens is 432 g/mol. The molecule has 5 heteroatoms. The van der Waals surface area contributed by atoms with Crippen LogP contribution in [0.15, 0.2) is 42.5 Å². The lowest BCUT2D eigenvalue weighted by Crippen LogP contribution is -2.29. The standard InChI is InChI=1S/C30H40N4O/c1-6-22-13-10-14-23(7-2)28(22)30-32-21(4)26(29(33-30)31-18-20(3)35)19-34(5)27-17-11-15-24-12-8-9-16-25(24)27/h8-10,12-14,16,20,27,35H,6-7,11,15,17-19H2,1-5H3,(H,31,32,33)/t20?,27-/m0/s1. The number of nitrogens with one attached hydrogen (secondary N) is 1. The summed E-state index contributed by atoms with van der Waals surface area (Å²) in [6.07, 6.45) is 4.95. The largest absolute Gasteiger partial charge is 0.392 e. The van der Waals surface area contributed by atoms with E-state index in [4.69, 9.17) is 9.97 Å². The fraction of sp³-hybridized carbons (Fsp3) is 0.467. The molecule has 5 nitrogen and oxygen atoms in total. The summed E-state index contributed by atoms with van der Waals surface area (Å²) in [6, 6.07) is 15.7. The second kappa shape index (κ2) is 11.3. The summed E-state index contributed by atoms with van der Waals surface area (Å²) in [6.45, 7) is 9.47. The summed E-state index contributed by atoms with van der Waals surface area (Å²) in [7, 11) is 2.21. The van der Waals surface area contributed by atoms with Gasteiger partial charge in [0.25, 0.3) is 0 Å². The van der Waals surface area contributed by atoms with Crippen molar-refractivity contribution in [1.82, 2.24) is 14.9 Å². The van der Waals surface area contributed by atoms with Crippen LogP contribution in [0.25, 0.3) is 11.4 Å². The first-order valence-corrected chi connectivity index (χ1v) is 13.1. The number of rotatable bonds is 9. The minimum atomic E-state index is -0.460. The van der Waals surface area contributed by atoms with Crippen LogP contribution in [0.1, 0.15) is 73.2 Å². The van der Waals surface area contributed by atoms with Crippen molar-refractivity contribution in [2.75, 3.05) is 18.9 Å². The van der Waals surface area contributed by atoms with Crippen LogP contribution < -0.4 is 5.32 Å². The molecular formula is C30H40N4O. The van der Waals surface area contributed by atoms with Crippen LogP contribution in [-0.2, 0) is 25.8 Å². The third-order valence-corrected chi connectivity index (χ3v) is 7.28. The van der Waals surface area contributed by atoms with Gasteiger partial charge in [-0.05, 0) is 75.3 Å². The molecule has 1 aromatic heterocycles. The van der Waals surface area contributed by atoms with Crippen molar-refractivity contribution in [3.8, 4) is 11.4 Å². The molecule has 0 saturated carbocycles. The molecule has 0 aliphatic heterocycles. The molecule has 2 N–H and O–H groups in total. The van der Waals surface area contributed by atoms with Gasteiger partial charge in [-0.25, -0.2) is 9.97 Å². The van der Waals surface area contributed by atoms with E-state index >= 15 is 0 Å². The zero-order valence-corrected chi connectivity index (χ0v) is 21.9. The fourth-order valence-electron chi connectivity index (χ4n) is 5.36. The van der Waals surface area contributed by atoms with Crippen LogP contribution in [0.4, 0.5) is 5.82 Å². The minimum Gasteiger partial charge on any atom is -0.392 e. The highest BCUT2D eigenvalue weighted by Crippen LogP contribution is 2.36. The maximum absolute atomic E-state index is 10.0. The van der Waals surface area contributed by atoms with Crippen LogP contribution in [0.3, 0.4) is 0 Å². The van der Waals surface area contributed by atoms with Crippen LogP contribution in [0, 0.1) is 6.92 Å². The molecule has 0 radical (unpaired) electrons. The van der Waals surface area contributed by atoms with E-state index < -0.39 is 6.10 Å². The monoisotopic (exact) mass is 472 g/mol. The van der Waals surface area contributed by atoms with Crippen molar-refractivity contribution in [2.45, 2.75) is 78.5 Å². The van der Waals surface area contributed by atoms with Crippen molar-refractivity contribution >= 4 is 5.82 Å². The van der Waals surface area contributed by atoms with Gasteiger partial charge in [-0.15, -0.1) is 0 Å². The molecule has 2 aromatic carbocycles. The predicted octanol–water partition coefficient (Wildman–Crippen LogP) is 5.88. The highest BCUT2D eigenvalue weighted by Gasteiger charge is 2.25. The Morgan fingerprint density at radius 3 is 2.46 bits per heavy atom. The maximum Gasteiger partial charge on any atom is 0.162 e. The summed E-state index contributed by atoms with van der Waals surface area (Å²) in [5.74, 6) is 1.61. The first-order chi connectivity index (χ1) is 16.9. The van der Waals surface area contributed by atoms with Gasteiger partial charge in [-0.3, -0.25) is 4.90 Å². The van der Waals surface area contributed by atoms with Gasteiger partial charge < -0.3 is 10.4 Å². The van der Waals surface area contributed by atoms with E-state index in [9.17, 15) is 5.11 Å². The van der Waals surface area contributed by atoms with Crippen molar-refractivity contribution in [2.24, 2.45) is 0 Å². The number of benzene rings is 2. The second-order valence-electron chi connectivity index (χ2n) is 9.87. The minimum absolute atomic E-state index is 0.385. The number of aromatic nitrogens is 2. The van der Waals surface area contributed by atoms with Gasteiger partial charge in [-0.2, -0.15) is 0 Å². The average molecular weight is 473 g/mol. The summed E-state index contributed by atoms with van der Waals surface area (Å²) < 4.78 is 0. The lowest BCUT2D eigenvalue weighted by atomic mass is 9.87. The van der Waals surface area contributed by atoms with Gasteiger partial charge in [0.2, 0.25) is 0 Å². The number of nitrogens with zero attached hydrogens (tertiary/aromatic N) is 3. The zero-order valence-electron chi connectivity index (χ0n) is 21.9. The Labute approximate surface area is 210 Å². The Hall–Kier alpha value is -2.76. The Bertz CT molecular complexity index is 1130. The van der Waals surface area contributed by atoms with Gasteiger partial charge >= 0.3 is 0 Å². The number of aliphatic hydroxyl groups is 1. The lowest BCUT2D eigenvalue weighted by molar-refractivity contribution is 0.207. The molecule has 2 atom stereocenters. The molecule has 1 aliphatic rings. The van der Waals surface area contributed by atoms with Crippen LogP contribution in [0.2, 0.25) is 0 Å². The number of anilines is 1. The molecule has 0 amide bonds. The van der Waals surface area contributed by atoms with E-state index in [2.05, 4.69) is 80.5 Å². The molecule has 1 heterocycles. The van der Waals surface area contributed by atoms with Crippen molar-refractivity contribution in [3.63, 3.8) is 0 Å². The van der Waals surface area contributed by atoms with E-state index in [-0.39, 0.29) is 0 Å². The Morgan fingerprint density at radius 1 is 1.06 bits per heavy atom. The molecule has 0 saturated heterocycles. The third-order valence-electron chi connectivity index (χ3n) is 7.28. The van der Waals surface area contributed by atoms with Crippen LogP contribution in [-0.4, -0.2) is 39.7 Å². The maximum atomic E-state index is 10.0. The Balaban J connectivity index is 1.73. The molecule has 0 spiro atoms. The zero-order chi connectivity index (χ0) is 24.9. The van der Waals surface area contributed by atoms with Gasteiger partial charge in [0, 0.05) is 36.0 Å². The molecule has 0 bridgehead atoms. The Kier molecular flexibility index (Phi) is 8.19. The summed E-state index contributed by atoms with van der Waals surface area (Å²) in [5.41, 5.74) is 8.71. The average Bonchev–Trinajstić information content (AvgIpc) is 2.87. The first kappa shape index (κ1) is 25.3. The van der Waals surface area contributed by atoms with E-state index in [1.54, 1.807) is 6.92 Å². The number of aliphatic hydroxyl groups excluding tert-OH is 1. The van der Waals surface area contributed by atoms with Gasteiger partial charge in [0.1, 0.15) is 5.82 Å². The van der Waals surface area contributed by atoms with Crippen LogP contribution in [0.5, 0.6) is 0 Å². The molecule has 4 rings (SSSR count). The van der Waals surface area contributed by atoms with Crippen molar-refractivity contribution in [3.05, 3.63) is 76.0 Å². The second-order valence-corrected chi connectivity index (χ2v) is 9.87. The topological polar surface area (TPSA) is 61.3 Å². The summed E-state index contributed by atoms with van der Waals surface area (Å²) in [5, 5.41) is 13.4. The van der Waals surface area contributed by atoms with Crippen molar-refractivity contribution in [1.29, 1.82) is 0 Å². The lowest BCUT2D eigenvalue weighted by Gasteiger charge is -2.34. The smallest absolute Gasteiger partial charge is 0.162 e. The number of aryl methyl sites for hydroxylation is 4. The SMILES string of the molecule is CCc1cccc(CC)c1-c1nc(C)c(CN(C)[C@H]2CCCc3ccccc32)c(NCC(C)O)n1. The summed E-state index contributed by atoms with van der Waals surface area (Å²) in [4.78, 5) is 12.6. The molecule has 186 valence electrons. The van der Waals surface area contributed by atoms with E-state index in [0.717, 1.165) is 60.7 Å². The first-order valence-electron chi connectivity index (χ1n) is 13.1. The van der Waals surface area contributed by atoms with Crippen LogP contribution >= 0.6 is 0 Å². The van der Waals surface area contributed by atoms with Crippen molar-refractivity contribution < 1.29 is 5.11 Å². The van der Waals surface area contributed by atoms with Gasteiger partial charge in [0.05, 0.1) is 6.10 Å². The molecule has 35 heavy (non-hydrogen) atoms. The third kappa shape index (κ3) is 5.57. The number of fused-ring (bicyclic) bond motifs is 1. The Morgan fingerprint density at radius 2 is 1.77 bits per heavy atom. The fourth-order valence-corrected chi connectivity index (χ4v) is 5.36. The molecule has 3 aromatic rings. The van der Waals surface area contributed by atoms with E-state index in [1.807, 2.05) is 0 Å². The van der Waals surface area contributed by atoms with Gasteiger partial charge in [-0.1, -0.05) is 56.3 Å². The highest BCUT2D eigenvalue weighted by atomic mass is 16.3. The predicted molar refractivity (Wildman–Crippen MR) is 145 cm³/mol. The van der Waals surface area contributed by atoms with E-state index in [1.165, 1.54) is 28.7 Å². The quantitative estimate of drug-likeness (QED) is 0.407. The number of hydrogen-bond acceptors (Lipinski definition) is 5. The number of hydrogen-bond donors (Lipinski definition) is 2. The van der Waals surface area contributed by atoms with Gasteiger partial charge in [0.15, 0.2) is 5.82 Å². The normalized spacial score (nSPS) is 16.3. The molecule has 0 fully saturated rings. The molecule has 1 aliphatic carbocycles. The summed E-state index contributed by atoms with van der Waals surface area (Å²) >= 11 is 0. The van der Waals surface area contributed by atoms with E-state index in [0.29, 0.717) is 12.6 Å². The highest BCUT2D eigenvalue weighted by molar-refractivity contribution is 5.67.